The molecule has 118 valence electrons. The van der Waals surface area contributed by atoms with Crippen LogP contribution in [0.5, 0.6) is 0 Å². The van der Waals surface area contributed by atoms with Crippen LogP contribution in [0.1, 0.15) is 21.6 Å². The summed E-state index contributed by atoms with van der Waals surface area (Å²) in [5.74, 6) is -0.332. The highest BCUT2D eigenvalue weighted by molar-refractivity contribution is 6.03. The SMILES string of the molecule is Cn1nc(C(=O)Nc2ccc3c(c2)Cc2ccccc2-3)ccc1=O. The maximum absolute atomic E-state index is 12.3. The number of hydrogen-bond donors (Lipinski definition) is 1. The largest absolute Gasteiger partial charge is 0.321 e. The van der Waals surface area contributed by atoms with Crippen LogP contribution in [0.3, 0.4) is 0 Å². The van der Waals surface area contributed by atoms with Crippen LogP contribution in [0.15, 0.2) is 59.4 Å². The quantitative estimate of drug-likeness (QED) is 0.618. The molecule has 1 amide bonds. The summed E-state index contributed by atoms with van der Waals surface area (Å²) < 4.78 is 1.15. The fourth-order valence-corrected chi connectivity index (χ4v) is 3.04. The number of rotatable bonds is 2. The first-order valence-corrected chi connectivity index (χ1v) is 7.69. The molecule has 0 fully saturated rings. The second-order valence-corrected chi connectivity index (χ2v) is 5.84. The van der Waals surface area contributed by atoms with E-state index < -0.39 is 0 Å². The van der Waals surface area contributed by atoms with Gasteiger partial charge in [0, 0.05) is 18.8 Å². The lowest BCUT2D eigenvalue weighted by atomic mass is 10.1. The summed E-state index contributed by atoms with van der Waals surface area (Å²) in [5, 5.41) is 6.81. The Bertz CT molecular complexity index is 1020. The minimum atomic E-state index is -0.332. The third-order valence-electron chi connectivity index (χ3n) is 4.24. The number of aryl methyl sites for hydroxylation is 1. The van der Waals surface area contributed by atoms with Crippen LogP contribution in [-0.2, 0) is 13.5 Å². The fourth-order valence-electron chi connectivity index (χ4n) is 3.04. The fraction of sp³-hybridized carbons (Fsp3) is 0.105. The topological polar surface area (TPSA) is 64.0 Å². The van der Waals surface area contributed by atoms with Gasteiger partial charge in [-0.15, -0.1) is 0 Å². The van der Waals surface area contributed by atoms with Crippen molar-refractivity contribution in [1.82, 2.24) is 9.78 Å². The van der Waals surface area contributed by atoms with Crippen LogP contribution in [0.4, 0.5) is 5.69 Å². The Balaban J connectivity index is 1.60. The van der Waals surface area contributed by atoms with E-state index in [1.54, 1.807) is 0 Å². The smallest absolute Gasteiger partial charge is 0.276 e. The molecule has 1 heterocycles. The summed E-state index contributed by atoms with van der Waals surface area (Å²) in [5.41, 5.74) is 5.65. The van der Waals surface area contributed by atoms with Gasteiger partial charge in [-0.3, -0.25) is 9.59 Å². The predicted octanol–water partition coefficient (Wildman–Crippen LogP) is 2.60. The van der Waals surface area contributed by atoms with E-state index in [9.17, 15) is 9.59 Å². The Labute approximate surface area is 138 Å². The van der Waals surface area contributed by atoms with Gasteiger partial charge in [0.15, 0.2) is 0 Å². The van der Waals surface area contributed by atoms with Crippen molar-refractivity contribution in [3.63, 3.8) is 0 Å². The van der Waals surface area contributed by atoms with Crippen LogP contribution in [0.2, 0.25) is 0 Å². The van der Waals surface area contributed by atoms with Gasteiger partial charge in [0.25, 0.3) is 11.5 Å². The molecule has 0 bridgehead atoms. The van der Waals surface area contributed by atoms with Crippen molar-refractivity contribution >= 4 is 11.6 Å². The van der Waals surface area contributed by atoms with Gasteiger partial charge < -0.3 is 5.32 Å². The molecule has 1 aliphatic carbocycles. The molecule has 0 spiro atoms. The van der Waals surface area contributed by atoms with E-state index in [2.05, 4.69) is 22.5 Å². The zero-order valence-electron chi connectivity index (χ0n) is 13.1. The normalized spacial score (nSPS) is 11.7. The van der Waals surface area contributed by atoms with Crippen molar-refractivity contribution in [2.75, 3.05) is 5.32 Å². The van der Waals surface area contributed by atoms with Gasteiger partial charge in [0.2, 0.25) is 0 Å². The van der Waals surface area contributed by atoms with Gasteiger partial charge in [0.05, 0.1) is 0 Å². The molecule has 1 aliphatic rings. The average Bonchev–Trinajstić information content (AvgIpc) is 2.95. The molecule has 1 N–H and O–H groups in total. The van der Waals surface area contributed by atoms with Crippen molar-refractivity contribution in [2.45, 2.75) is 6.42 Å². The summed E-state index contributed by atoms with van der Waals surface area (Å²) in [6.45, 7) is 0. The number of carbonyl (C=O) groups excluding carboxylic acids is 1. The van der Waals surface area contributed by atoms with Crippen molar-refractivity contribution in [3.8, 4) is 11.1 Å². The lowest BCUT2D eigenvalue weighted by Gasteiger charge is -2.08. The van der Waals surface area contributed by atoms with Crippen LogP contribution < -0.4 is 10.9 Å². The van der Waals surface area contributed by atoms with Crippen LogP contribution in [0, 0.1) is 0 Å². The summed E-state index contributed by atoms with van der Waals surface area (Å²) in [6, 6.07) is 17.0. The molecular formula is C19H15N3O2. The van der Waals surface area contributed by atoms with Gasteiger partial charge in [-0.2, -0.15) is 5.10 Å². The van der Waals surface area contributed by atoms with Crippen LogP contribution in [-0.4, -0.2) is 15.7 Å². The first kappa shape index (κ1) is 14.4. The van der Waals surface area contributed by atoms with Gasteiger partial charge in [-0.25, -0.2) is 4.68 Å². The van der Waals surface area contributed by atoms with Gasteiger partial charge in [-0.05, 0) is 46.9 Å². The van der Waals surface area contributed by atoms with Gasteiger partial charge >= 0.3 is 0 Å². The number of aromatic nitrogens is 2. The molecule has 5 nitrogen and oxygen atoms in total. The summed E-state index contributed by atoms with van der Waals surface area (Å²) in [7, 11) is 1.52. The number of benzene rings is 2. The Morgan fingerprint density at radius 1 is 1.04 bits per heavy atom. The number of amides is 1. The van der Waals surface area contributed by atoms with Gasteiger partial charge in [0.1, 0.15) is 5.69 Å². The third kappa shape index (κ3) is 2.40. The molecule has 1 aromatic heterocycles. The predicted molar refractivity (Wildman–Crippen MR) is 92.1 cm³/mol. The molecule has 0 saturated carbocycles. The molecule has 0 radical (unpaired) electrons. The number of carbonyl (C=O) groups is 1. The first-order chi connectivity index (χ1) is 11.6. The van der Waals surface area contributed by atoms with E-state index in [0.29, 0.717) is 0 Å². The molecular weight excluding hydrogens is 302 g/mol. The van der Waals surface area contributed by atoms with Crippen molar-refractivity contribution < 1.29 is 4.79 Å². The summed E-state index contributed by atoms with van der Waals surface area (Å²) in [4.78, 5) is 23.7. The maximum Gasteiger partial charge on any atom is 0.276 e. The lowest BCUT2D eigenvalue weighted by Crippen LogP contribution is -2.23. The Morgan fingerprint density at radius 2 is 1.83 bits per heavy atom. The van der Waals surface area contributed by atoms with Gasteiger partial charge in [-0.1, -0.05) is 30.3 Å². The molecule has 0 atom stereocenters. The average molecular weight is 317 g/mol. The van der Waals surface area contributed by atoms with E-state index >= 15 is 0 Å². The van der Waals surface area contributed by atoms with Crippen LogP contribution in [0.25, 0.3) is 11.1 Å². The van der Waals surface area contributed by atoms with E-state index in [-0.39, 0.29) is 17.2 Å². The zero-order chi connectivity index (χ0) is 16.7. The highest BCUT2D eigenvalue weighted by Gasteiger charge is 2.18. The van der Waals surface area contributed by atoms with E-state index in [4.69, 9.17) is 0 Å². The molecule has 0 aliphatic heterocycles. The number of hydrogen-bond acceptors (Lipinski definition) is 3. The van der Waals surface area contributed by atoms with Crippen molar-refractivity contribution in [2.24, 2.45) is 7.05 Å². The molecule has 5 heteroatoms. The standard InChI is InChI=1S/C19H15N3O2/c1-22-18(23)9-8-17(21-22)19(24)20-14-6-7-16-13(11-14)10-12-4-2-3-5-15(12)16/h2-9,11H,10H2,1H3,(H,20,24). The molecule has 24 heavy (non-hydrogen) atoms. The van der Waals surface area contributed by atoms with Crippen molar-refractivity contribution in [1.29, 1.82) is 0 Å². The number of nitrogens with one attached hydrogen (secondary N) is 1. The molecule has 0 saturated heterocycles. The molecule has 0 unspecified atom stereocenters. The highest BCUT2D eigenvalue weighted by Crippen LogP contribution is 2.37. The summed E-state index contributed by atoms with van der Waals surface area (Å²) >= 11 is 0. The highest BCUT2D eigenvalue weighted by atomic mass is 16.2. The monoisotopic (exact) mass is 317 g/mol. The Morgan fingerprint density at radius 3 is 2.67 bits per heavy atom. The second-order valence-electron chi connectivity index (χ2n) is 5.84. The second kappa shape index (κ2) is 5.45. The Hall–Kier alpha value is -3.21. The first-order valence-electron chi connectivity index (χ1n) is 7.69. The zero-order valence-corrected chi connectivity index (χ0v) is 13.1. The van der Waals surface area contributed by atoms with E-state index in [0.717, 1.165) is 16.8 Å². The molecule has 3 aromatic rings. The van der Waals surface area contributed by atoms with E-state index in [1.165, 1.54) is 41.4 Å². The molecule has 2 aromatic carbocycles. The molecule has 4 rings (SSSR count). The van der Waals surface area contributed by atoms with E-state index in [1.807, 2.05) is 30.3 Å². The number of anilines is 1. The van der Waals surface area contributed by atoms with Crippen molar-refractivity contribution in [3.05, 3.63) is 81.8 Å². The number of nitrogens with zero attached hydrogens (tertiary/aromatic N) is 2. The Kier molecular flexibility index (Phi) is 3.27. The maximum atomic E-state index is 12.3. The summed E-state index contributed by atoms with van der Waals surface area (Å²) in [6.07, 6.45) is 0.868. The third-order valence-corrected chi connectivity index (χ3v) is 4.24. The minimum Gasteiger partial charge on any atom is -0.321 e. The number of fused-ring (bicyclic) bond motifs is 3. The van der Waals surface area contributed by atoms with Crippen LogP contribution >= 0.6 is 0 Å². The minimum absolute atomic E-state index is 0.209. The lowest BCUT2D eigenvalue weighted by molar-refractivity contribution is 0.102.